The number of carbonyl (C=O) groups excluding carboxylic acids is 1. The van der Waals surface area contributed by atoms with Crippen LogP contribution in [0.2, 0.25) is 0 Å². The Morgan fingerprint density at radius 2 is 1.79 bits per heavy atom. The number of likely N-dealkylation sites (tertiary alicyclic amines) is 1. The maximum atomic E-state index is 12.2. The topological polar surface area (TPSA) is 86.7 Å². The van der Waals surface area contributed by atoms with Crippen LogP contribution in [0.3, 0.4) is 0 Å². The van der Waals surface area contributed by atoms with Gasteiger partial charge in [0.15, 0.2) is 0 Å². The van der Waals surface area contributed by atoms with Crippen molar-refractivity contribution in [3.05, 3.63) is 34.3 Å². The van der Waals surface area contributed by atoms with Gasteiger partial charge in [0.05, 0.1) is 15.4 Å². The van der Waals surface area contributed by atoms with Crippen molar-refractivity contribution in [2.75, 3.05) is 13.1 Å². The quantitative estimate of drug-likeness (QED) is 0.477. The third-order valence-corrected chi connectivity index (χ3v) is 5.33. The van der Waals surface area contributed by atoms with E-state index in [-0.39, 0.29) is 42.6 Å². The summed E-state index contributed by atoms with van der Waals surface area (Å²) < 4.78 is 40.9. The van der Waals surface area contributed by atoms with E-state index in [1.165, 1.54) is 4.90 Å². The first-order chi connectivity index (χ1) is 10.5. The van der Waals surface area contributed by atoms with Gasteiger partial charge in [-0.3, -0.25) is 0 Å². The Morgan fingerprint density at radius 1 is 1.25 bits per heavy atom. The molecule has 1 aromatic carbocycles. The second-order valence-electron chi connectivity index (χ2n) is 6.57. The molecule has 24 heavy (non-hydrogen) atoms. The van der Waals surface area contributed by atoms with Crippen LogP contribution in [0.4, 0.5) is 4.79 Å². The molecule has 1 amide bonds. The number of amides is 1. The Balaban J connectivity index is 0.00000288. The van der Waals surface area contributed by atoms with Gasteiger partial charge in [0, 0.05) is 23.5 Å². The summed E-state index contributed by atoms with van der Waals surface area (Å²) in [5.74, 6) is -0.557. The van der Waals surface area contributed by atoms with Gasteiger partial charge in [-0.05, 0) is 38.5 Å². The third kappa shape index (κ3) is 5.71. The van der Waals surface area contributed by atoms with E-state index >= 15 is 0 Å². The maximum absolute atomic E-state index is 12.2. The van der Waals surface area contributed by atoms with Gasteiger partial charge in [-0.2, -0.15) is 0 Å². The van der Waals surface area contributed by atoms with Gasteiger partial charge in [0.1, 0.15) is 5.60 Å². The number of nitrogens with zero attached hydrogens (tertiary/aromatic N) is 1. The number of hydrogen-bond donors (Lipinski definition) is 0. The van der Waals surface area contributed by atoms with Crippen LogP contribution in [0.15, 0.2) is 28.7 Å². The molecule has 1 saturated heterocycles. The van der Waals surface area contributed by atoms with Crippen molar-refractivity contribution in [2.24, 2.45) is 0 Å². The normalized spacial score (nSPS) is 21.3. The van der Waals surface area contributed by atoms with E-state index in [4.69, 9.17) is 4.74 Å². The molecular weight excluding hydrogens is 409 g/mol. The molecule has 0 aliphatic carbocycles. The van der Waals surface area contributed by atoms with Gasteiger partial charge in [-0.1, -0.05) is 28.1 Å². The number of halogens is 1. The summed E-state index contributed by atoms with van der Waals surface area (Å²) in [5, 5.41) is -1.17. The summed E-state index contributed by atoms with van der Waals surface area (Å²) in [5.41, 5.74) is 0.0298. The SMILES string of the molecule is CC(C)(C)OC(=O)N1CC(c2ccc(Br)cc2)C(S(=O)(=O)[O-])C1.[Na+]. The second kappa shape index (κ2) is 8.05. The number of ether oxygens (including phenoxy) is 1. The minimum atomic E-state index is -4.53. The first-order valence-corrected chi connectivity index (χ1v) is 9.42. The molecule has 1 fully saturated rings. The van der Waals surface area contributed by atoms with Gasteiger partial charge < -0.3 is 14.2 Å². The number of rotatable bonds is 2. The van der Waals surface area contributed by atoms with Crippen LogP contribution in [0.5, 0.6) is 0 Å². The fraction of sp³-hybridized carbons (Fsp3) is 0.533. The van der Waals surface area contributed by atoms with Crippen LogP contribution in [0.25, 0.3) is 0 Å². The van der Waals surface area contributed by atoms with E-state index < -0.39 is 33.0 Å². The van der Waals surface area contributed by atoms with Crippen molar-refractivity contribution in [3.63, 3.8) is 0 Å². The van der Waals surface area contributed by atoms with Crippen molar-refractivity contribution < 1.29 is 52.1 Å². The minimum Gasteiger partial charge on any atom is -0.748 e. The Morgan fingerprint density at radius 3 is 2.25 bits per heavy atom. The Labute approximate surface area is 173 Å². The van der Waals surface area contributed by atoms with Crippen molar-refractivity contribution in [1.29, 1.82) is 0 Å². The summed E-state index contributed by atoms with van der Waals surface area (Å²) in [6.07, 6.45) is -0.606. The summed E-state index contributed by atoms with van der Waals surface area (Å²) in [4.78, 5) is 13.5. The van der Waals surface area contributed by atoms with Gasteiger partial charge >= 0.3 is 35.7 Å². The average Bonchev–Trinajstić information content (AvgIpc) is 2.82. The standard InChI is InChI=1S/C15H20BrNO5S.Na/c1-15(2,3)22-14(18)17-8-12(13(9-17)23(19,20)21)10-4-6-11(16)7-5-10;/h4-7,12-13H,8-9H2,1-3H3,(H,19,20,21);/q;+1/p-1. The van der Waals surface area contributed by atoms with Crippen LogP contribution < -0.4 is 29.6 Å². The minimum absolute atomic E-state index is 0. The predicted octanol–water partition coefficient (Wildman–Crippen LogP) is -0.299. The van der Waals surface area contributed by atoms with Crippen LogP contribution in [-0.4, -0.2) is 47.9 Å². The molecule has 0 saturated carbocycles. The van der Waals surface area contributed by atoms with Crippen LogP contribution in [0.1, 0.15) is 32.3 Å². The molecule has 0 spiro atoms. The molecule has 2 atom stereocenters. The van der Waals surface area contributed by atoms with Crippen LogP contribution in [-0.2, 0) is 14.9 Å². The van der Waals surface area contributed by atoms with Gasteiger partial charge in [0.25, 0.3) is 0 Å². The summed E-state index contributed by atoms with van der Waals surface area (Å²) >= 11 is 3.31. The average molecular weight is 428 g/mol. The molecule has 0 aromatic heterocycles. The Bertz CT molecular complexity index is 687. The van der Waals surface area contributed by atoms with E-state index in [0.717, 1.165) is 4.47 Å². The van der Waals surface area contributed by atoms with Crippen molar-refractivity contribution in [2.45, 2.75) is 37.5 Å². The first-order valence-electron chi connectivity index (χ1n) is 7.15. The fourth-order valence-corrected chi connectivity index (χ4v) is 3.84. The van der Waals surface area contributed by atoms with Gasteiger partial charge in [-0.25, -0.2) is 13.2 Å². The molecular formula is C15H19BrNNaO5S. The summed E-state index contributed by atoms with van der Waals surface area (Å²) in [6, 6.07) is 7.07. The molecule has 6 nitrogen and oxygen atoms in total. The second-order valence-corrected chi connectivity index (χ2v) is 9.08. The number of carbonyl (C=O) groups is 1. The van der Waals surface area contributed by atoms with Crippen molar-refractivity contribution >= 4 is 32.1 Å². The molecule has 1 aliphatic heterocycles. The first kappa shape index (κ1) is 21.9. The Kier molecular flexibility index (Phi) is 7.36. The molecule has 0 radical (unpaired) electrons. The van der Waals surface area contributed by atoms with Crippen LogP contribution >= 0.6 is 15.9 Å². The van der Waals surface area contributed by atoms with E-state index in [9.17, 15) is 17.8 Å². The van der Waals surface area contributed by atoms with Gasteiger partial charge in [0.2, 0.25) is 0 Å². The van der Waals surface area contributed by atoms with Gasteiger partial charge in [-0.15, -0.1) is 0 Å². The van der Waals surface area contributed by atoms with E-state index in [0.29, 0.717) is 5.56 Å². The van der Waals surface area contributed by atoms with E-state index in [2.05, 4.69) is 15.9 Å². The van der Waals surface area contributed by atoms with Crippen molar-refractivity contribution in [3.8, 4) is 0 Å². The molecule has 0 N–H and O–H groups in total. The number of benzene rings is 1. The fourth-order valence-electron chi connectivity index (χ4n) is 2.57. The molecule has 1 aliphatic rings. The molecule has 128 valence electrons. The smallest absolute Gasteiger partial charge is 0.748 e. The number of hydrogen-bond acceptors (Lipinski definition) is 5. The molecule has 0 bridgehead atoms. The summed E-state index contributed by atoms with van der Waals surface area (Å²) in [6.45, 7) is 5.18. The Hall–Kier alpha value is -0.120. The largest absolute Gasteiger partial charge is 1.00 e. The summed E-state index contributed by atoms with van der Waals surface area (Å²) in [7, 11) is -4.53. The van der Waals surface area contributed by atoms with Crippen LogP contribution in [0, 0.1) is 0 Å². The molecule has 1 aromatic rings. The maximum Gasteiger partial charge on any atom is 1.00 e. The zero-order valence-corrected chi connectivity index (χ0v) is 18.6. The monoisotopic (exact) mass is 427 g/mol. The molecule has 2 unspecified atom stereocenters. The zero-order valence-electron chi connectivity index (χ0n) is 14.2. The molecule has 1 heterocycles. The van der Waals surface area contributed by atoms with E-state index in [1.807, 2.05) is 0 Å². The third-order valence-electron chi connectivity index (χ3n) is 3.59. The van der Waals surface area contributed by atoms with Crippen molar-refractivity contribution in [1.82, 2.24) is 4.90 Å². The zero-order chi connectivity index (χ0) is 17.4. The molecule has 2 rings (SSSR count). The predicted molar refractivity (Wildman–Crippen MR) is 88.2 cm³/mol. The van der Waals surface area contributed by atoms with E-state index in [1.54, 1.807) is 45.0 Å². The molecule has 9 heteroatoms.